The molecule has 0 spiro atoms. The largest absolute Gasteiger partial charge is 0.400 e. The van der Waals surface area contributed by atoms with Gasteiger partial charge >= 0.3 is 6.18 Å². The van der Waals surface area contributed by atoms with E-state index < -0.39 is 30.5 Å². The number of alkyl halides is 3. The minimum Gasteiger partial charge on any atom is -0.393 e. The maximum absolute atomic E-state index is 13.2. The average molecular weight is 325 g/mol. The first-order valence-electron chi connectivity index (χ1n) is 7.46. The number of halogens is 3. The van der Waals surface area contributed by atoms with E-state index in [4.69, 9.17) is 9.47 Å². The first-order chi connectivity index (χ1) is 10.3. The smallest absolute Gasteiger partial charge is 0.393 e. The van der Waals surface area contributed by atoms with Crippen molar-refractivity contribution in [2.45, 2.75) is 37.6 Å². The summed E-state index contributed by atoms with van der Waals surface area (Å²) in [6.45, 7) is 0.938. The van der Waals surface area contributed by atoms with Gasteiger partial charge in [0.15, 0.2) is 0 Å². The molecule has 2 atom stereocenters. The Balaban J connectivity index is 1.93. The van der Waals surface area contributed by atoms with Crippen molar-refractivity contribution in [1.82, 2.24) is 4.90 Å². The second-order valence-electron chi connectivity index (χ2n) is 6.11. The first kappa shape index (κ1) is 17.5. The van der Waals surface area contributed by atoms with Gasteiger partial charge in [0, 0.05) is 13.6 Å². The number of amides is 1. The van der Waals surface area contributed by atoms with Crippen molar-refractivity contribution in [3.8, 4) is 0 Å². The highest BCUT2D eigenvalue weighted by molar-refractivity contribution is 5.79. The minimum absolute atomic E-state index is 0.0760. The quantitative estimate of drug-likeness (QED) is 0.825. The predicted molar refractivity (Wildman–Crippen MR) is 71.1 cm³/mol. The Bertz CT molecular complexity index is 379. The van der Waals surface area contributed by atoms with E-state index in [2.05, 4.69) is 0 Å². The molecule has 22 heavy (non-hydrogen) atoms. The molecule has 2 aliphatic rings. The molecule has 1 heterocycles. The van der Waals surface area contributed by atoms with Gasteiger partial charge in [-0.15, -0.1) is 0 Å². The van der Waals surface area contributed by atoms with E-state index in [0.29, 0.717) is 19.4 Å². The summed E-state index contributed by atoms with van der Waals surface area (Å²) in [7, 11) is 1.38. The third kappa shape index (κ3) is 4.57. The molecule has 128 valence electrons. The molecule has 0 radical (unpaired) electrons. The van der Waals surface area contributed by atoms with Gasteiger partial charge in [0.05, 0.1) is 32.0 Å². The van der Waals surface area contributed by atoms with Crippen LogP contribution in [-0.4, -0.2) is 67.7 Å². The Labute approximate surface area is 127 Å². The van der Waals surface area contributed by atoms with Crippen LogP contribution in [0.4, 0.5) is 13.2 Å². The Kier molecular flexibility index (Phi) is 5.68. The first-order valence-corrected chi connectivity index (χ1v) is 7.46. The highest BCUT2D eigenvalue weighted by Crippen LogP contribution is 2.34. The van der Waals surface area contributed by atoms with Gasteiger partial charge in [-0.3, -0.25) is 4.79 Å². The van der Waals surface area contributed by atoms with Gasteiger partial charge in [0.25, 0.3) is 0 Å². The predicted octanol–water partition coefficient (Wildman–Crippen LogP) is 1.20. The SMILES string of the molecule is CN(CC1CC(O)C1)C(=O)C(CC1COCCO1)C(F)(F)F. The lowest BCUT2D eigenvalue weighted by Gasteiger charge is -2.36. The molecule has 1 N–H and O–H groups in total. The molecule has 1 aliphatic carbocycles. The summed E-state index contributed by atoms with van der Waals surface area (Å²) in [6, 6.07) is 0. The van der Waals surface area contributed by atoms with E-state index in [0.717, 1.165) is 4.90 Å². The summed E-state index contributed by atoms with van der Waals surface area (Å²) in [5.74, 6) is -2.94. The monoisotopic (exact) mass is 325 g/mol. The van der Waals surface area contributed by atoms with E-state index in [1.165, 1.54) is 7.05 Å². The molecule has 0 aromatic carbocycles. The molecule has 0 bridgehead atoms. The molecule has 1 aliphatic heterocycles. The van der Waals surface area contributed by atoms with Gasteiger partial charge in [0.1, 0.15) is 5.92 Å². The van der Waals surface area contributed by atoms with Gasteiger partial charge in [-0.1, -0.05) is 0 Å². The van der Waals surface area contributed by atoms with E-state index >= 15 is 0 Å². The van der Waals surface area contributed by atoms with Gasteiger partial charge in [-0.25, -0.2) is 0 Å². The number of ether oxygens (including phenoxy) is 2. The zero-order valence-corrected chi connectivity index (χ0v) is 12.5. The summed E-state index contributed by atoms with van der Waals surface area (Å²) in [5.41, 5.74) is 0. The van der Waals surface area contributed by atoms with Crippen molar-refractivity contribution in [2.75, 3.05) is 33.4 Å². The van der Waals surface area contributed by atoms with Gasteiger partial charge in [0.2, 0.25) is 5.91 Å². The van der Waals surface area contributed by atoms with Gasteiger partial charge in [-0.2, -0.15) is 13.2 Å². The number of aliphatic hydroxyl groups is 1. The fourth-order valence-electron chi connectivity index (χ4n) is 2.90. The zero-order chi connectivity index (χ0) is 16.3. The normalized spacial score (nSPS) is 30.5. The molecule has 2 fully saturated rings. The molecule has 1 saturated carbocycles. The lowest BCUT2D eigenvalue weighted by molar-refractivity contribution is -0.200. The number of hydrogen-bond donors (Lipinski definition) is 1. The fraction of sp³-hybridized carbons (Fsp3) is 0.929. The van der Waals surface area contributed by atoms with Crippen molar-refractivity contribution in [3.63, 3.8) is 0 Å². The van der Waals surface area contributed by atoms with Crippen LogP contribution in [0.25, 0.3) is 0 Å². The molecule has 1 amide bonds. The standard InChI is InChI=1S/C14H22F3NO4/c1-18(7-9-4-10(19)5-9)13(20)12(14(15,16)17)6-11-8-21-2-3-22-11/h9-12,19H,2-8H2,1H3. The topological polar surface area (TPSA) is 59.0 Å². The van der Waals surface area contributed by atoms with Crippen molar-refractivity contribution in [1.29, 1.82) is 0 Å². The summed E-state index contributed by atoms with van der Waals surface area (Å²) in [6.07, 6.45) is -5.05. The van der Waals surface area contributed by atoms with Crippen LogP contribution in [-0.2, 0) is 14.3 Å². The highest BCUT2D eigenvalue weighted by atomic mass is 19.4. The third-order valence-electron chi connectivity index (χ3n) is 4.20. The second-order valence-corrected chi connectivity index (χ2v) is 6.11. The summed E-state index contributed by atoms with van der Waals surface area (Å²) >= 11 is 0. The average Bonchev–Trinajstić information content (AvgIpc) is 2.42. The van der Waals surface area contributed by atoms with Crippen LogP contribution in [0.2, 0.25) is 0 Å². The van der Waals surface area contributed by atoms with Gasteiger partial charge < -0.3 is 19.5 Å². The lowest BCUT2D eigenvalue weighted by Crippen LogP contribution is -2.47. The van der Waals surface area contributed by atoms with Crippen molar-refractivity contribution in [2.24, 2.45) is 11.8 Å². The molecule has 0 aromatic rings. The van der Waals surface area contributed by atoms with Crippen LogP contribution in [0.15, 0.2) is 0 Å². The maximum Gasteiger partial charge on any atom is 0.400 e. The van der Waals surface area contributed by atoms with Crippen molar-refractivity contribution >= 4 is 5.91 Å². The van der Waals surface area contributed by atoms with Crippen molar-refractivity contribution < 1.29 is 32.5 Å². The molecule has 0 aromatic heterocycles. The molecular formula is C14H22F3NO4. The highest BCUT2D eigenvalue weighted by Gasteiger charge is 2.47. The number of carbonyl (C=O) groups excluding carboxylic acids is 1. The molecule has 2 rings (SSSR count). The van der Waals surface area contributed by atoms with Crippen LogP contribution in [0.1, 0.15) is 19.3 Å². The summed E-state index contributed by atoms with van der Waals surface area (Å²) in [5, 5.41) is 9.21. The Hall–Kier alpha value is -0.860. The molecule has 1 saturated heterocycles. The summed E-state index contributed by atoms with van der Waals surface area (Å²) in [4.78, 5) is 13.3. The summed E-state index contributed by atoms with van der Waals surface area (Å²) < 4.78 is 49.9. The van der Waals surface area contributed by atoms with Crippen LogP contribution in [0.5, 0.6) is 0 Å². The Morgan fingerprint density at radius 1 is 1.36 bits per heavy atom. The zero-order valence-electron chi connectivity index (χ0n) is 12.5. The Morgan fingerprint density at radius 2 is 2.05 bits per heavy atom. The molecule has 2 unspecified atom stereocenters. The number of aliphatic hydroxyl groups excluding tert-OH is 1. The van der Waals surface area contributed by atoms with E-state index in [1.807, 2.05) is 0 Å². The van der Waals surface area contributed by atoms with E-state index in [-0.39, 0.29) is 31.8 Å². The van der Waals surface area contributed by atoms with Crippen molar-refractivity contribution in [3.05, 3.63) is 0 Å². The van der Waals surface area contributed by atoms with E-state index in [1.54, 1.807) is 0 Å². The Morgan fingerprint density at radius 3 is 2.55 bits per heavy atom. The number of rotatable bonds is 5. The van der Waals surface area contributed by atoms with Crippen LogP contribution < -0.4 is 0 Å². The molecule has 5 nitrogen and oxygen atoms in total. The van der Waals surface area contributed by atoms with Crippen LogP contribution in [0, 0.1) is 11.8 Å². The number of hydrogen-bond acceptors (Lipinski definition) is 4. The van der Waals surface area contributed by atoms with E-state index in [9.17, 15) is 23.1 Å². The fourth-order valence-corrected chi connectivity index (χ4v) is 2.90. The van der Waals surface area contributed by atoms with Gasteiger partial charge in [-0.05, 0) is 25.2 Å². The third-order valence-corrected chi connectivity index (χ3v) is 4.20. The second kappa shape index (κ2) is 7.14. The minimum atomic E-state index is -4.61. The maximum atomic E-state index is 13.2. The van der Waals surface area contributed by atoms with Crippen LogP contribution >= 0.6 is 0 Å². The molecule has 8 heteroatoms. The number of nitrogens with zero attached hydrogens (tertiary/aromatic N) is 1. The van der Waals surface area contributed by atoms with Crippen LogP contribution in [0.3, 0.4) is 0 Å². The molecular weight excluding hydrogens is 303 g/mol. The number of carbonyl (C=O) groups is 1. The lowest BCUT2D eigenvalue weighted by atomic mass is 9.82.